The van der Waals surface area contributed by atoms with Crippen LogP contribution in [0, 0.1) is 5.92 Å². The lowest BCUT2D eigenvalue weighted by atomic mass is 10.1. The van der Waals surface area contributed by atoms with Gasteiger partial charge in [0, 0.05) is 24.2 Å². The maximum atomic E-state index is 8.97. The molecule has 0 saturated heterocycles. The lowest BCUT2D eigenvalue weighted by Crippen LogP contribution is -2.22. The largest absolute Gasteiger partial charge is 0.493 e. The van der Waals surface area contributed by atoms with E-state index in [4.69, 9.17) is 14.6 Å². The van der Waals surface area contributed by atoms with Gasteiger partial charge >= 0.3 is 0 Å². The molecule has 0 bridgehead atoms. The third kappa shape index (κ3) is 3.61. The molecule has 1 aromatic carbocycles. The molecule has 2 unspecified atom stereocenters. The molecule has 4 heteroatoms. The van der Waals surface area contributed by atoms with Crippen LogP contribution in [0.5, 0.6) is 11.5 Å². The molecule has 1 heterocycles. The van der Waals surface area contributed by atoms with Gasteiger partial charge in [0.2, 0.25) is 0 Å². The maximum Gasteiger partial charge on any atom is 0.127 e. The highest BCUT2D eigenvalue weighted by molar-refractivity contribution is 5.45. The fraction of sp³-hybridized carbons (Fsp3) is 0.600. The van der Waals surface area contributed by atoms with E-state index >= 15 is 0 Å². The van der Waals surface area contributed by atoms with Crippen LogP contribution in [0.2, 0.25) is 0 Å². The van der Waals surface area contributed by atoms with Crippen molar-refractivity contribution in [2.24, 2.45) is 5.92 Å². The summed E-state index contributed by atoms with van der Waals surface area (Å²) in [6.07, 6.45) is 1.12. The van der Waals surface area contributed by atoms with Gasteiger partial charge in [-0.05, 0) is 25.1 Å². The minimum atomic E-state index is 0.143. The molecule has 0 fully saturated rings. The van der Waals surface area contributed by atoms with Crippen LogP contribution in [-0.2, 0) is 0 Å². The molecule has 0 aliphatic carbocycles. The van der Waals surface area contributed by atoms with Crippen LogP contribution in [0.15, 0.2) is 18.2 Å². The number of benzene rings is 1. The van der Waals surface area contributed by atoms with Crippen molar-refractivity contribution in [3.63, 3.8) is 0 Å². The normalized spacial score (nSPS) is 18.8. The van der Waals surface area contributed by atoms with Gasteiger partial charge in [-0.25, -0.2) is 0 Å². The summed E-state index contributed by atoms with van der Waals surface area (Å²) in [4.78, 5) is 0. The van der Waals surface area contributed by atoms with Gasteiger partial charge < -0.3 is 19.9 Å². The Hall–Kier alpha value is -1.26. The first kappa shape index (κ1) is 14.2. The molecular weight excluding hydrogens is 242 g/mol. The molecule has 1 aromatic rings. The van der Waals surface area contributed by atoms with Crippen molar-refractivity contribution in [3.05, 3.63) is 23.8 Å². The summed E-state index contributed by atoms with van der Waals surface area (Å²) in [6.45, 7) is 6.46. The summed E-state index contributed by atoms with van der Waals surface area (Å²) >= 11 is 0. The Morgan fingerprint density at radius 2 is 2.37 bits per heavy atom. The lowest BCUT2D eigenvalue weighted by Gasteiger charge is -2.12. The molecule has 2 N–H and O–H groups in total. The number of aliphatic hydroxyl groups is 1. The van der Waals surface area contributed by atoms with Crippen molar-refractivity contribution in [2.75, 3.05) is 26.4 Å². The predicted molar refractivity (Wildman–Crippen MR) is 74.7 cm³/mol. The summed E-state index contributed by atoms with van der Waals surface area (Å²) < 4.78 is 11.3. The van der Waals surface area contributed by atoms with Gasteiger partial charge in [-0.15, -0.1) is 0 Å². The van der Waals surface area contributed by atoms with Gasteiger partial charge in [0.15, 0.2) is 0 Å². The van der Waals surface area contributed by atoms with Crippen LogP contribution in [0.4, 0.5) is 0 Å². The lowest BCUT2D eigenvalue weighted by molar-refractivity contribution is 0.174. The van der Waals surface area contributed by atoms with Crippen LogP contribution in [0.1, 0.15) is 31.9 Å². The minimum Gasteiger partial charge on any atom is -0.493 e. The number of aliphatic hydroxyl groups excluding tert-OH is 1. The highest BCUT2D eigenvalue weighted by Gasteiger charge is 2.23. The van der Waals surface area contributed by atoms with Gasteiger partial charge in [-0.2, -0.15) is 0 Å². The molecule has 0 saturated carbocycles. The Bertz CT molecular complexity index is 408. The van der Waals surface area contributed by atoms with Crippen LogP contribution in [-0.4, -0.2) is 31.5 Å². The topological polar surface area (TPSA) is 50.7 Å². The van der Waals surface area contributed by atoms with Crippen molar-refractivity contribution in [3.8, 4) is 11.5 Å². The van der Waals surface area contributed by atoms with Crippen molar-refractivity contribution in [1.82, 2.24) is 5.32 Å². The van der Waals surface area contributed by atoms with Gasteiger partial charge in [-0.3, -0.25) is 0 Å². The molecule has 4 nitrogen and oxygen atoms in total. The molecule has 106 valence electrons. The smallest absolute Gasteiger partial charge is 0.127 e. The molecule has 2 atom stereocenters. The molecule has 0 radical (unpaired) electrons. The van der Waals surface area contributed by atoms with E-state index in [0.717, 1.165) is 24.5 Å². The maximum absolute atomic E-state index is 8.97. The van der Waals surface area contributed by atoms with Crippen LogP contribution in [0.25, 0.3) is 0 Å². The van der Waals surface area contributed by atoms with Gasteiger partial charge in [0.05, 0.1) is 12.6 Å². The number of ether oxygens (including phenoxy) is 2. The molecule has 0 aromatic heterocycles. The zero-order chi connectivity index (χ0) is 13.7. The minimum absolute atomic E-state index is 0.143. The van der Waals surface area contributed by atoms with Crippen molar-refractivity contribution in [2.45, 2.75) is 26.3 Å². The second-order valence-corrected chi connectivity index (χ2v) is 5.12. The Balaban J connectivity index is 1.97. The van der Waals surface area contributed by atoms with E-state index in [-0.39, 0.29) is 12.5 Å². The first-order valence-corrected chi connectivity index (χ1v) is 6.98. The molecular formula is C15H23NO3. The van der Waals surface area contributed by atoms with Crippen molar-refractivity contribution in [1.29, 1.82) is 0 Å². The Kier molecular flexibility index (Phi) is 5.05. The summed E-state index contributed by atoms with van der Waals surface area (Å²) in [6, 6.07) is 6.26. The van der Waals surface area contributed by atoms with E-state index in [1.807, 2.05) is 19.1 Å². The van der Waals surface area contributed by atoms with Crippen LogP contribution < -0.4 is 14.8 Å². The summed E-state index contributed by atoms with van der Waals surface area (Å²) in [5.41, 5.74) is 1.20. The molecule has 1 aliphatic heterocycles. The summed E-state index contributed by atoms with van der Waals surface area (Å²) in [7, 11) is 0. The van der Waals surface area contributed by atoms with Gasteiger partial charge in [-0.1, -0.05) is 13.8 Å². The monoisotopic (exact) mass is 265 g/mol. The zero-order valence-corrected chi connectivity index (χ0v) is 11.7. The van der Waals surface area contributed by atoms with Crippen LogP contribution >= 0.6 is 0 Å². The number of rotatable bonds is 7. The second-order valence-electron chi connectivity index (χ2n) is 5.12. The zero-order valence-electron chi connectivity index (χ0n) is 11.7. The summed E-state index contributed by atoms with van der Waals surface area (Å²) in [5, 5.41) is 12.4. The summed E-state index contributed by atoms with van der Waals surface area (Å²) in [5.74, 6) is 1.85. The van der Waals surface area contributed by atoms with Gasteiger partial charge in [0.1, 0.15) is 18.1 Å². The van der Waals surface area contributed by atoms with Crippen LogP contribution in [0.3, 0.4) is 0 Å². The number of hydrogen-bond donors (Lipinski definition) is 2. The van der Waals surface area contributed by atoms with E-state index < -0.39 is 0 Å². The Morgan fingerprint density at radius 3 is 3.11 bits per heavy atom. The quantitative estimate of drug-likeness (QED) is 0.793. The predicted octanol–water partition coefficient (Wildman–Crippen LogP) is 2.13. The Morgan fingerprint density at radius 1 is 1.53 bits per heavy atom. The second kappa shape index (κ2) is 6.78. The Labute approximate surface area is 114 Å². The van der Waals surface area contributed by atoms with E-state index in [9.17, 15) is 0 Å². The highest BCUT2D eigenvalue weighted by Crippen LogP contribution is 2.35. The third-order valence-electron chi connectivity index (χ3n) is 3.25. The number of fused-ring (bicyclic) bond motifs is 1. The first-order chi connectivity index (χ1) is 9.24. The first-order valence-electron chi connectivity index (χ1n) is 6.98. The fourth-order valence-electron chi connectivity index (χ4n) is 2.06. The molecule has 0 amide bonds. The van der Waals surface area contributed by atoms with E-state index in [1.165, 1.54) is 5.56 Å². The van der Waals surface area contributed by atoms with E-state index in [0.29, 0.717) is 19.3 Å². The fourth-order valence-corrected chi connectivity index (χ4v) is 2.06. The SMILES string of the molecule is CCCNC1COc2cc(OCC(C)CO)ccc21. The molecule has 1 aliphatic rings. The molecule has 0 spiro atoms. The average Bonchev–Trinajstić information content (AvgIpc) is 2.84. The standard InChI is InChI=1S/C15H23NO3/c1-3-6-16-14-10-19-15-7-12(4-5-13(14)15)18-9-11(2)8-17/h4-5,7,11,14,16-17H,3,6,8-10H2,1-2H3. The molecule has 19 heavy (non-hydrogen) atoms. The van der Waals surface area contributed by atoms with Gasteiger partial charge in [0.25, 0.3) is 0 Å². The van der Waals surface area contributed by atoms with E-state index in [2.05, 4.69) is 18.3 Å². The van der Waals surface area contributed by atoms with Crippen molar-refractivity contribution < 1.29 is 14.6 Å². The third-order valence-corrected chi connectivity index (χ3v) is 3.25. The number of nitrogens with one attached hydrogen (secondary N) is 1. The average molecular weight is 265 g/mol. The van der Waals surface area contributed by atoms with Crippen molar-refractivity contribution >= 4 is 0 Å². The highest BCUT2D eigenvalue weighted by atomic mass is 16.5. The number of hydrogen-bond acceptors (Lipinski definition) is 4. The van der Waals surface area contributed by atoms with E-state index in [1.54, 1.807) is 0 Å². The molecule has 2 rings (SSSR count).